The molecule has 4 nitrogen and oxygen atoms in total. The van der Waals surface area contributed by atoms with E-state index in [1.165, 1.54) is 0 Å². The zero-order valence-electron chi connectivity index (χ0n) is 8.24. The Morgan fingerprint density at radius 2 is 2.43 bits per heavy atom. The molecule has 5 heteroatoms. The van der Waals surface area contributed by atoms with Crippen LogP contribution in [0.5, 0.6) is 0 Å². The fraction of sp³-hybridized carbons (Fsp3) is 0.889. The number of likely N-dealkylation sites (tertiary alicyclic amines) is 1. The minimum atomic E-state index is 0.0327. The van der Waals surface area contributed by atoms with Crippen molar-refractivity contribution in [3.8, 4) is 0 Å². The standard InChI is InChI=1S/C9H17N3OS/c10-7-2-1-3-12(4-7)9(13)8-5-14-6-11-8/h7-8,11H,1-6,10H2/t7?,8-/m1/s1. The van der Waals surface area contributed by atoms with Crippen molar-refractivity contribution >= 4 is 17.7 Å². The summed E-state index contributed by atoms with van der Waals surface area (Å²) in [5, 5.41) is 3.20. The van der Waals surface area contributed by atoms with E-state index in [2.05, 4.69) is 5.32 Å². The second-order valence-electron chi connectivity index (χ2n) is 3.96. The van der Waals surface area contributed by atoms with Crippen LogP contribution in [-0.2, 0) is 4.79 Å². The lowest BCUT2D eigenvalue weighted by molar-refractivity contribution is -0.133. The minimum absolute atomic E-state index is 0.0327. The first-order valence-electron chi connectivity index (χ1n) is 5.13. The second-order valence-corrected chi connectivity index (χ2v) is 4.99. The van der Waals surface area contributed by atoms with Crippen molar-refractivity contribution in [1.82, 2.24) is 10.2 Å². The van der Waals surface area contributed by atoms with Gasteiger partial charge >= 0.3 is 0 Å². The van der Waals surface area contributed by atoms with Gasteiger partial charge in [0, 0.05) is 30.8 Å². The predicted octanol–water partition coefficient (Wildman–Crippen LogP) is -0.401. The van der Waals surface area contributed by atoms with Gasteiger partial charge in [0.25, 0.3) is 0 Å². The molecule has 1 unspecified atom stereocenters. The summed E-state index contributed by atoms with van der Waals surface area (Å²) in [7, 11) is 0. The van der Waals surface area contributed by atoms with E-state index in [1.807, 2.05) is 4.90 Å². The summed E-state index contributed by atoms with van der Waals surface area (Å²) in [6.07, 6.45) is 2.10. The van der Waals surface area contributed by atoms with Crippen LogP contribution in [0.15, 0.2) is 0 Å². The number of piperidine rings is 1. The number of nitrogens with zero attached hydrogens (tertiary/aromatic N) is 1. The van der Waals surface area contributed by atoms with Crippen molar-refractivity contribution in [1.29, 1.82) is 0 Å². The number of rotatable bonds is 1. The van der Waals surface area contributed by atoms with Gasteiger partial charge in [0.05, 0.1) is 6.04 Å². The molecule has 0 aromatic carbocycles. The summed E-state index contributed by atoms with van der Waals surface area (Å²) in [6.45, 7) is 1.62. The molecule has 2 aliphatic heterocycles. The third kappa shape index (κ3) is 2.21. The molecule has 3 N–H and O–H groups in total. The number of amides is 1. The van der Waals surface area contributed by atoms with Gasteiger partial charge in [-0.25, -0.2) is 0 Å². The molecule has 2 heterocycles. The zero-order valence-corrected chi connectivity index (χ0v) is 9.05. The number of carbonyl (C=O) groups is 1. The van der Waals surface area contributed by atoms with Crippen LogP contribution in [0, 0.1) is 0 Å². The maximum Gasteiger partial charge on any atom is 0.240 e. The Hall–Kier alpha value is -0.260. The molecule has 2 fully saturated rings. The van der Waals surface area contributed by atoms with Crippen LogP contribution in [0.3, 0.4) is 0 Å². The van der Waals surface area contributed by atoms with Gasteiger partial charge in [0.15, 0.2) is 0 Å². The van der Waals surface area contributed by atoms with E-state index < -0.39 is 0 Å². The highest BCUT2D eigenvalue weighted by Crippen LogP contribution is 2.15. The van der Waals surface area contributed by atoms with Gasteiger partial charge in [0.1, 0.15) is 0 Å². The Labute approximate surface area is 88.6 Å². The highest BCUT2D eigenvalue weighted by Gasteiger charge is 2.29. The van der Waals surface area contributed by atoms with E-state index in [0.29, 0.717) is 0 Å². The van der Waals surface area contributed by atoms with E-state index in [9.17, 15) is 4.79 Å². The van der Waals surface area contributed by atoms with Crippen LogP contribution in [0.4, 0.5) is 0 Å². The van der Waals surface area contributed by atoms with Crippen LogP contribution >= 0.6 is 11.8 Å². The molecule has 0 aliphatic carbocycles. The number of hydrogen-bond acceptors (Lipinski definition) is 4. The molecule has 0 bridgehead atoms. The molecule has 14 heavy (non-hydrogen) atoms. The first-order valence-corrected chi connectivity index (χ1v) is 6.28. The van der Waals surface area contributed by atoms with Gasteiger partial charge < -0.3 is 10.6 Å². The summed E-state index contributed by atoms with van der Waals surface area (Å²) in [5.74, 6) is 2.05. The maximum absolute atomic E-state index is 11.9. The Kier molecular flexibility index (Phi) is 3.30. The van der Waals surface area contributed by atoms with Crippen molar-refractivity contribution in [2.24, 2.45) is 5.73 Å². The fourth-order valence-corrected chi connectivity index (χ4v) is 2.92. The highest BCUT2D eigenvalue weighted by molar-refractivity contribution is 7.99. The molecule has 0 aromatic rings. The smallest absolute Gasteiger partial charge is 0.240 e. The Balaban J connectivity index is 1.89. The molecule has 0 radical (unpaired) electrons. The molecule has 0 aromatic heterocycles. The monoisotopic (exact) mass is 215 g/mol. The lowest BCUT2D eigenvalue weighted by atomic mass is 10.1. The fourth-order valence-electron chi connectivity index (χ4n) is 1.98. The SMILES string of the molecule is NC1CCCN(C(=O)[C@H]2CSCN2)C1. The third-order valence-corrected chi connectivity index (χ3v) is 3.72. The van der Waals surface area contributed by atoms with Crippen LogP contribution in [-0.4, -0.2) is 47.6 Å². The molecule has 1 amide bonds. The summed E-state index contributed by atoms with van der Waals surface area (Å²) >= 11 is 1.79. The van der Waals surface area contributed by atoms with Crippen molar-refractivity contribution in [3.63, 3.8) is 0 Å². The maximum atomic E-state index is 11.9. The molecule has 0 spiro atoms. The zero-order chi connectivity index (χ0) is 9.97. The van der Waals surface area contributed by atoms with Gasteiger partial charge in [-0.05, 0) is 12.8 Å². The van der Waals surface area contributed by atoms with Gasteiger partial charge in [-0.15, -0.1) is 11.8 Å². The van der Waals surface area contributed by atoms with Gasteiger partial charge in [-0.3, -0.25) is 10.1 Å². The summed E-state index contributed by atoms with van der Waals surface area (Å²) in [5.41, 5.74) is 5.84. The first kappa shape index (κ1) is 10.3. The number of nitrogens with two attached hydrogens (primary N) is 1. The molecule has 0 saturated carbocycles. The summed E-state index contributed by atoms with van der Waals surface area (Å²) in [6, 6.07) is 0.215. The van der Waals surface area contributed by atoms with Crippen molar-refractivity contribution in [3.05, 3.63) is 0 Å². The van der Waals surface area contributed by atoms with Gasteiger partial charge in [-0.2, -0.15) is 0 Å². The Bertz CT molecular complexity index is 218. The van der Waals surface area contributed by atoms with Crippen LogP contribution < -0.4 is 11.1 Å². The van der Waals surface area contributed by atoms with Crippen molar-refractivity contribution in [2.45, 2.75) is 24.9 Å². The Morgan fingerprint density at radius 3 is 3.07 bits per heavy atom. The molecule has 2 rings (SSSR count). The molecule has 2 saturated heterocycles. The largest absolute Gasteiger partial charge is 0.340 e. The Morgan fingerprint density at radius 1 is 1.57 bits per heavy atom. The highest BCUT2D eigenvalue weighted by atomic mass is 32.2. The average Bonchev–Trinajstić information content (AvgIpc) is 2.69. The first-order chi connectivity index (χ1) is 6.77. The summed E-state index contributed by atoms with van der Waals surface area (Å²) in [4.78, 5) is 13.9. The number of nitrogens with one attached hydrogen (secondary N) is 1. The number of carbonyl (C=O) groups excluding carboxylic acids is 1. The van der Waals surface area contributed by atoms with Crippen molar-refractivity contribution in [2.75, 3.05) is 24.7 Å². The van der Waals surface area contributed by atoms with E-state index >= 15 is 0 Å². The molecule has 80 valence electrons. The number of thioether (sulfide) groups is 1. The topological polar surface area (TPSA) is 58.4 Å². The normalized spacial score (nSPS) is 33.4. The van der Waals surface area contributed by atoms with E-state index in [0.717, 1.165) is 37.6 Å². The third-order valence-electron chi connectivity index (χ3n) is 2.78. The van der Waals surface area contributed by atoms with Crippen molar-refractivity contribution < 1.29 is 4.79 Å². The number of hydrogen-bond donors (Lipinski definition) is 2. The van der Waals surface area contributed by atoms with Crippen LogP contribution in [0.2, 0.25) is 0 Å². The molecule has 2 aliphatic rings. The quantitative estimate of drug-likeness (QED) is 0.625. The second kappa shape index (κ2) is 4.51. The summed E-state index contributed by atoms with van der Waals surface area (Å²) < 4.78 is 0. The van der Waals surface area contributed by atoms with E-state index in [4.69, 9.17) is 5.73 Å². The van der Waals surface area contributed by atoms with E-state index in [1.54, 1.807) is 11.8 Å². The van der Waals surface area contributed by atoms with Crippen LogP contribution in [0.25, 0.3) is 0 Å². The lowest BCUT2D eigenvalue weighted by Gasteiger charge is -2.32. The minimum Gasteiger partial charge on any atom is -0.340 e. The van der Waals surface area contributed by atoms with Gasteiger partial charge in [0.2, 0.25) is 5.91 Å². The molecule has 2 atom stereocenters. The average molecular weight is 215 g/mol. The van der Waals surface area contributed by atoms with Gasteiger partial charge in [-0.1, -0.05) is 0 Å². The molecular formula is C9H17N3OS. The molecular weight excluding hydrogens is 198 g/mol. The van der Waals surface area contributed by atoms with E-state index in [-0.39, 0.29) is 18.0 Å². The predicted molar refractivity (Wildman–Crippen MR) is 58.0 cm³/mol. The van der Waals surface area contributed by atoms with Crippen LogP contribution in [0.1, 0.15) is 12.8 Å². The lowest BCUT2D eigenvalue weighted by Crippen LogP contribution is -2.51.